The van der Waals surface area contributed by atoms with Gasteiger partial charge in [-0.3, -0.25) is 25.2 Å². The summed E-state index contributed by atoms with van der Waals surface area (Å²) < 4.78 is 1.97. The molecule has 0 bridgehead atoms. The summed E-state index contributed by atoms with van der Waals surface area (Å²) in [5, 5.41) is 0. The van der Waals surface area contributed by atoms with E-state index in [9.17, 15) is 14.4 Å². The van der Waals surface area contributed by atoms with E-state index in [0.717, 1.165) is 0 Å². The number of carbonyl (C=O) groups excluding carboxylic acids is 2. The summed E-state index contributed by atoms with van der Waals surface area (Å²) in [6.45, 7) is 2.78. The zero-order valence-electron chi connectivity index (χ0n) is 9.41. The molecule has 0 fully saturated rings. The highest BCUT2D eigenvalue weighted by Crippen LogP contribution is 2.07. The highest BCUT2D eigenvalue weighted by Gasteiger charge is 2.07. The van der Waals surface area contributed by atoms with Gasteiger partial charge in [0.15, 0.2) is 0 Å². The topological polar surface area (TPSA) is 80.2 Å². The minimum absolute atomic E-state index is 0.153. The summed E-state index contributed by atoms with van der Waals surface area (Å²) in [7, 11) is 0. The Labute approximate surface area is 106 Å². The normalized spacial score (nSPS) is 9.82. The van der Waals surface area contributed by atoms with Gasteiger partial charge >= 0.3 is 0 Å². The fourth-order valence-electron chi connectivity index (χ4n) is 1.21. The van der Waals surface area contributed by atoms with Crippen molar-refractivity contribution in [2.75, 3.05) is 0 Å². The van der Waals surface area contributed by atoms with E-state index in [-0.39, 0.29) is 18.0 Å². The van der Waals surface area contributed by atoms with Crippen LogP contribution in [0.3, 0.4) is 0 Å². The number of hydrazine groups is 1. The molecule has 1 aromatic heterocycles. The largest absolute Gasteiger partial charge is 0.305 e. The molecule has 1 aromatic rings. The Bertz CT molecular complexity index is 510. The van der Waals surface area contributed by atoms with Crippen molar-refractivity contribution in [3.8, 4) is 0 Å². The minimum Gasteiger partial charge on any atom is -0.305 e. The van der Waals surface area contributed by atoms with Crippen LogP contribution in [0, 0.1) is 6.92 Å². The molecule has 0 atom stereocenters. The third kappa shape index (κ3) is 4.03. The molecule has 7 heteroatoms. The van der Waals surface area contributed by atoms with Crippen molar-refractivity contribution in [1.29, 1.82) is 0 Å². The lowest BCUT2D eigenvalue weighted by Gasteiger charge is -2.08. The van der Waals surface area contributed by atoms with E-state index in [0.29, 0.717) is 10.0 Å². The van der Waals surface area contributed by atoms with Gasteiger partial charge in [0.05, 0.1) is 0 Å². The van der Waals surface area contributed by atoms with Crippen LogP contribution in [0.1, 0.15) is 12.5 Å². The van der Waals surface area contributed by atoms with Crippen molar-refractivity contribution in [3.63, 3.8) is 0 Å². The van der Waals surface area contributed by atoms with Crippen molar-refractivity contribution in [1.82, 2.24) is 15.4 Å². The van der Waals surface area contributed by atoms with Gasteiger partial charge in [0.25, 0.3) is 11.5 Å². The minimum atomic E-state index is -0.472. The Kier molecular flexibility index (Phi) is 4.45. The number of nitrogens with one attached hydrogen (secondary N) is 2. The molecule has 2 amide bonds. The fraction of sp³-hybridized carbons (Fsp3) is 0.300. The van der Waals surface area contributed by atoms with Gasteiger partial charge in [-0.05, 0) is 28.9 Å². The van der Waals surface area contributed by atoms with Crippen molar-refractivity contribution < 1.29 is 9.59 Å². The molecule has 0 aliphatic rings. The summed E-state index contributed by atoms with van der Waals surface area (Å²) in [6.07, 6.45) is 1.52. The van der Waals surface area contributed by atoms with E-state index in [2.05, 4.69) is 26.8 Å². The Morgan fingerprint density at radius 3 is 2.65 bits per heavy atom. The molecule has 0 unspecified atom stereocenters. The molecule has 0 aliphatic heterocycles. The van der Waals surface area contributed by atoms with Crippen LogP contribution < -0.4 is 16.4 Å². The predicted octanol–water partition coefficient (Wildman–Crippen LogP) is 0.0865. The molecule has 0 spiro atoms. The monoisotopic (exact) mass is 301 g/mol. The molecule has 1 rings (SSSR count). The number of hydrogen-bond acceptors (Lipinski definition) is 3. The van der Waals surface area contributed by atoms with Crippen LogP contribution in [0.2, 0.25) is 0 Å². The summed E-state index contributed by atoms with van der Waals surface area (Å²) in [4.78, 5) is 33.6. The van der Waals surface area contributed by atoms with Crippen molar-refractivity contribution in [2.45, 2.75) is 20.4 Å². The molecular formula is C10H12BrN3O3. The lowest BCUT2D eigenvalue weighted by atomic mass is 10.3. The maximum Gasteiger partial charge on any atom is 0.258 e. The third-order valence-electron chi connectivity index (χ3n) is 1.92. The molecule has 2 N–H and O–H groups in total. The van der Waals surface area contributed by atoms with Crippen molar-refractivity contribution in [2.24, 2.45) is 0 Å². The highest BCUT2D eigenvalue weighted by atomic mass is 79.9. The smallest absolute Gasteiger partial charge is 0.258 e. The summed E-state index contributed by atoms with van der Waals surface area (Å²) in [5.41, 5.74) is 4.62. The SMILES string of the molecule is CC(=O)NNC(=O)Cn1cc(Br)cc(C)c1=O. The van der Waals surface area contributed by atoms with Gasteiger partial charge in [-0.1, -0.05) is 0 Å². The molecule has 92 valence electrons. The van der Waals surface area contributed by atoms with Crippen LogP contribution >= 0.6 is 15.9 Å². The van der Waals surface area contributed by atoms with Crippen molar-refractivity contribution in [3.05, 3.63) is 32.7 Å². The number of carbonyl (C=O) groups is 2. The maximum atomic E-state index is 11.7. The predicted molar refractivity (Wildman–Crippen MR) is 65.1 cm³/mol. The molecule has 0 saturated carbocycles. The number of halogens is 1. The Balaban J connectivity index is 2.78. The Hall–Kier alpha value is -1.63. The molecule has 17 heavy (non-hydrogen) atoms. The molecule has 0 saturated heterocycles. The van der Waals surface area contributed by atoms with Gasteiger partial charge in [-0.2, -0.15) is 0 Å². The average Bonchev–Trinajstić information content (AvgIpc) is 2.22. The Morgan fingerprint density at radius 1 is 1.41 bits per heavy atom. The first kappa shape index (κ1) is 13.4. The number of aryl methyl sites for hydroxylation is 1. The first-order valence-corrected chi connectivity index (χ1v) is 5.61. The van der Waals surface area contributed by atoms with Crippen LogP contribution in [0.4, 0.5) is 0 Å². The molecule has 1 heterocycles. The zero-order chi connectivity index (χ0) is 13.0. The lowest BCUT2D eigenvalue weighted by molar-refractivity contribution is -0.128. The van der Waals surface area contributed by atoms with Crippen LogP contribution in [0.15, 0.2) is 21.5 Å². The molecule has 0 radical (unpaired) electrons. The number of nitrogens with zero attached hydrogens (tertiary/aromatic N) is 1. The number of hydrogen-bond donors (Lipinski definition) is 2. The van der Waals surface area contributed by atoms with Crippen LogP contribution in [0.25, 0.3) is 0 Å². The second-order valence-corrected chi connectivity index (χ2v) is 4.42. The summed E-state index contributed by atoms with van der Waals surface area (Å²) in [5.74, 6) is -0.851. The Morgan fingerprint density at radius 2 is 2.06 bits per heavy atom. The molecular weight excluding hydrogens is 290 g/mol. The maximum absolute atomic E-state index is 11.7. The van der Waals surface area contributed by atoms with E-state index in [1.54, 1.807) is 13.0 Å². The van der Waals surface area contributed by atoms with E-state index >= 15 is 0 Å². The lowest BCUT2D eigenvalue weighted by Crippen LogP contribution is -2.43. The first-order valence-electron chi connectivity index (χ1n) is 4.82. The van der Waals surface area contributed by atoms with Gasteiger partial charge in [0.1, 0.15) is 6.54 Å². The number of amides is 2. The number of pyridine rings is 1. The van der Waals surface area contributed by atoms with Crippen LogP contribution in [-0.4, -0.2) is 16.4 Å². The van der Waals surface area contributed by atoms with Crippen LogP contribution in [-0.2, 0) is 16.1 Å². The van der Waals surface area contributed by atoms with E-state index in [1.807, 2.05) is 0 Å². The van der Waals surface area contributed by atoms with E-state index in [1.165, 1.54) is 17.7 Å². The first-order chi connectivity index (χ1) is 7.90. The van der Waals surface area contributed by atoms with Gasteiger partial charge < -0.3 is 4.57 Å². The van der Waals surface area contributed by atoms with Gasteiger partial charge in [-0.25, -0.2) is 0 Å². The molecule has 0 aliphatic carbocycles. The highest BCUT2D eigenvalue weighted by molar-refractivity contribution is 9.10. The standard InChI is InChI=1S/C10H12BrN3O3/c1-6-3-8(11)4-14(10(6)17)5-9(16)13-12-7(2)15/h3-4H,5H2,1-2H3,(H,12,15)(H,13,16). The van der Waals surface area contributed by atoms with Gasteiger partial charge in [-0.15, -0.1) is 0 Å². The van der Waals surface area contributed by atoms with E-state index < -0.39 is 5.91 Å². The average molecular weight is 302 g/mol. The molecule has 0 aromatic carbocycles. The van der Waals surface area contributed by atoms with Crippen LogP contribution in [0.5, 0.6) is 0 Å². The second kappa shape index (κ2) is 5.62. The fourth-order valence-corrected chi connectivity index (χ4v) is 1.80. The number of rotatable bonds is 2. The quantitative estimate of drug-likeness (QED) is 0.760. The number of aromatic nitrogens is 1. The molecule has 6 nitrogen and oxygen atoms in total. The second-order valence-electron chi connectivity index (χ2n) is 3.50. The van der Waals surface area contributed by atoms with Crippen molar-refractivity contribution >= 4 is 27.7 Å². The van der Waals surface area contributed by atoms with Gasteiger partial charge in [0.2, 0.25) is 5.91 Å². The summed E-state index contributed by atoms with van der Waals surface area (Å²) >= 11 is 3.24. The third-order valence-corrected chi connectivity index (χ3v) is 2.36. The van der Waals surface area contributed by atoms with E-state index in [4.69, 9.17) is 0 Å². The zero-order valence-corrected chi connectivity index (χ0v) is 11.0. The summed E-state index contributed by atoms with van der Waals surface area (Å²) in [6, 6.07) is 1.67. The van der Waals surface area contributed by atoms with Gasteiger partial charge in [0, 0.05) is 23.2 Å².